The van der Waals surface area contributed by atoms with Gasteiger partial charge >= 0.3 is 0 Å². The molecular weight excluding hydrogens is 266 g/mol. The molecule has 3 heterocycles. The normalized spacial score (nSPS) is 29.1. The SMILES string of the molecule is Cc1nc2c(c(=O)[nH]1)CC(=O)N2[C@H]1CC(O)[C@@H](CO)O1. The summed E-state index contributed by atoms with van der Waals surface area (Å²) in [5, 5.41) is 18.8. The highest BCUT2D eigenvalue weighted by molar-refractivity contribution is 6.00. The summed E-state index contributed by atoms with van der Waals surface area (Å²) in [5.74, 6) is 0.400. The van der Waals surface area contributed by atoms with E-state index in [2.05, 4.69) is 9.97 Å². The molecule has 1 saturated heterocycles. The summed E-state index contributed by atoms with van der Waals surface area (Å²) >= 11 is 0. The first kappa shape index (κ1) is 13.2. The predicted octanol–water partition coefficient (Wildman–Crippen LogP) is -1.56. The highest BCUT2D eigenvalue weighted by Gasteiger charge is 2.43. The summed E-state index contributed by atoms with van der Waals surface area (Å²) in [7, 11) is 0. The largest absolute Gasteiger partial charge is 0.394 e. The maximum absolute atomic E-state index is 12.1. The molecule has 0 bridgehead atoms. The number of amides is 1. The van der Waals surface area contributed by atoms with Crippen molar-refractivity contribution in [1.82, 2.24) is 9.97 Å². The molecule has 1 amide bonds. The van der Waals surface area contributed by atoms with E-state index in [9.17, 15) is 14.7 Å². The van der Waals surface area contributed by atoms with Crippen molar-refractivity contribution < 1.29 is 19.7 Å². The maximum Gasteiger partial charge on any atom is 0.256 e. The second-order valence-corrected chi connectivity index (χ2v) is 5.01. The number of hydrogen-bond acceptors (Lipinski definition) is 6. The van der Waals surface area contributed by atoms with Gasteiger partial charge in [0.2, 0.25) is 5.91 Å². The standard InChI is InChI=1S/C12H15N3O5/c1-5-13-11-6(12(19)14-5)2-9(18)15(11)10-3-7(17)8(4-16)20-10/h7-8,10,16-17H,2-4H2,1H3,(H,13,14,19)/t7?,8-,10-/m1/s1. The van der Waals surface area contributed by atoms with E-state index in [0.717, 1.165) is 0 Å². The fraction of sp³-hybridized carbons (Fsp3) is 0.583. The number of nitrogens with one attached hydrogen (secondary N) is 1. The van der Waals surface area contributed by atoms with Crippen LogP contribution in [0.1, 0.15) is 17.8 Å². The number of ether oxygens (including phenoxy) is 1. The summed E-state index contributed by atoms with van der Waals surface area (Å²) in [6.45, 7) is 1.30. The zero-order valence-corrected chi connectivity index (χ0v) is 10.9. The lowest BCUT2D eigenvalue weighted by Gasteiger charge is -2.23. The zero-order chi connectivity index (χ0) is 14.4. The molecule has 0 saturated carbocycles. The molecular formula is C12H15N3O5. The van der Waals surface area contributed by atoms with Gasteiger partial charge in [-0.1, -0.05) is 0 Å². The van der Waals surface area contributed by atoms with E-state index in [1.807, 2.05) is 0 Å². The Morgan fingerprint density at radius 3 is 2.90 bits per heavy atom. The predicted molar refractivity (Wildman–Crippen MR) is 67.2 cm³/mol. The Bertz CT molecular complexity index is 614. The molecule has 3 N–H and O–H groups in total. The van der Waals surface area contributed by atoms with Crippen molar-refractivity contribution in [2.24, 2.45) is 0 Å². The van der Waals surface area contributed by atoms with E-state index in [-0.39, 0.29) is 36.7 Å². The van der Waals surface area contributed by atoms with E-state index < -0.39 is 18.4 Å². The Morgan fingerprint density at radius 1 is 1.50 bits per heavy atom. The first-order valence-electron chi connectivity index (χ1n) is 6.37. The molecule has 20 heavy (non-hydrogen) atoms. The van der Waals surface area contributed by atoms with Crippen LogP contribution in [0.3, 0.4) is 0 Å². The van der Waals surface area contributed by atoms with Crippen molar-refractivity contribution in [2.75, 3.05) is 11.5 Å². The molecule has 1 unspecified atom stereocenters. The van der Waals surface area contributed by atoms with Gasteiger partial charge in [0.1, 0.15) is 24.0 Å². The number of aliphatic hydroxyl groups is 2. The number of aromatic nitrogens is 2. The van der Waals surface area contributed by atoms with Crippen molar-refractivity contribution in [3.8, 4) is 0 Å². The Kier molecular flexibility index (Phi) is 3.08. The number of carbonyl (C=O) groups is 1. The molecule has 0 spiro atoms. The summed E-state index contributed by atoms with van der Waals surface area (Å²) in [4.78, 5) is 32.0. The molecule has 0 aliphatic carbocycles. The van der Waals surface area contributed by atoms with Crippen molar-refractivity contribution >= 4 is 11.7 Å². The Morgan fingerprint density at radius 2 is 2.25 bits per heavy atom. The maximum atomic E-state index is 12.1. The summed E-state index contributed by atoms with van der Waals surface area (Å²) in [6, 6.07) is 0. The molecule has 108 valence electrons. The lowest BCUT2D eigenvalue weighted by Crippen LogP contribution is -2.38. The monoisotopic (exact) mass is 281 g/mol. The number of aryl methyl sites for hydroxylation is 1. The number of aliphatic hydroxyl groups excluding tert-OH is 2. The molecule has 1 aromatic heterocycles. The average Bonchev–Trinajstić information content (AvgIpc) is 2.89. The molecule has 0 aromatic carbocycles. The second kappa shape index (κ2) is 4.65. The molecule has 0 radical (unpaired) electrons. The second-order valence-electron chi connectivity index (χ2n) is 5.01. The van der Waals surface area contributed by atoms with Crippen molar-refractivity contribution in [2.45, 2.75) is 38.2 Å². The minimum Gasteiger partial charge on any atom is -0.394 e. The number of anilines is 1. The molecule has 2 aliphatic rings. The lowest BCUT2D eigenvalue weighted by molar-refractivity contribution is -0.120. The van der Waals surface area contributed by atoms with Crippen LogP contribution in [-0.4, -0.2) is 51.1 Å². The van der Waals surface area contributed by atoms with Crippen LogP contribution in [0.5, 0.6) is 0 Å². The van der Waals surface area contributed by atoms with Crippen LogP contribution >= 0.6 is 0 Å². The van der Waals surface area contributed by atoms with Gasteiger partial charge < -0.3 is 19.9 Å². The lowest BCUT2D eigenvalue weighted by atomic mass is 10.2. The first-order chi connectivity index (χ1) is 9.51. The van der Waals surface area contributed by atoms with Gasteiger partial charge in [0, 0.05) is 6.42 Å². The van der Waals surface area contributed by atoms with Gasteiger partial charge in [-0.15, -0.1) is 0 Å². The Hall–Kier alpha value is -1.77. The molecule has 8 heteroatoms. The minimum atomic E-state index is -0.843. The number of rotatable bonds is 2. The fourth-order valence-corrected chi connectivity index (χ4v) is 2.64. The van der Waals surface area contributed by atoms with E-state index in [1.54, 1.807) is 6.92 Å². The molecule has 2 aliphatic heterocycles. The molecule has 3 rings (SSSR count). The summed E-state index contributed by atoms with van der Waals surface area (Å²) in [5.41, 5.74) is -0.0215. The minimum absolute atomic E-state index is 0.0301. The van der Waals surface area contributed by atoms with Crippen molar-refractivity contribution in [3.63, 3.8) is 0 Å². The number of nitrogens with zero attached hydrogens (tertiary/aromatic N) is 2. The highest BCUT2D eigenvalue weighted by atomic mass is 16.5. The van der Waals surface area contributed by atoms with Crippen LogP contribution in [0.2, 0.25) is 0 Å². The van der Waals surface area contributed by atoms with E-state index in [1.165, 1.54) is 4.90 Å². The van der Waals surface area contributed by atoms with E-state index >= 15 is 0 Å². The molecule has 1 aromatic rings. The van der Waals surface area contributed by atoms with Gasteiger partial charge in [-0.25, -0.2) is 4.98 Å². The average molecular weight is 281 g/mol. The third-order valence-corrected chi connectivity index (χ3v) is 3.61. The van der Waals surface area contributed by atoms with Gasteiger partial charge in [-0.05, 0) is 6.92 Å². The van der Waals surface area contributed by atoms with E-state index in [4.69, 9.17) is 9.84 Å². The third-order valence-electron chi connectivity index (χ3n) is 3.61. The van der Waals surface area contributed by atoms with Gasteiger partial charge in [0.25, 0.3) is 5.56 Å². The van der Waals surface area contributed by atoms with Crippen molar-refractivity contribution in [1.29, 1.82) is 0 Å². The number of H-pyrrole nitrogens is 1. The van der Waals surface area contributed by atoms with Gasteiger partial charge in [0.05, 0.1) is 24.7 Å². The van der Waals surface area contributed by atoms with Crippen LogP contribution in [-0.2, 0) is 16.0 Å². The molecule has 8 nitrogen and oxygen atoms in total. The number of hydrogen-bond donors (Lipinski definition) is 3. The number of aromatic amines is 1. The van der Waals surface area contributed by atoms with Gasteiger partial charge in [0.15, 0.2) is 0 Å². The first-order valence-corrected chi connectivity index (χ1v) is 6.37. The van der Waals surface area contributed by atoms with Crippen LogP contribution in [0.15, 0.2) is 4.79 Å². The van der Waals surface area contributed by atoms with Crippen LogP contribution in [0.25, 0.3) is 0 Å². The zero-order valence-electron chi connectivity index (χ0n) is 10.9. The summed E-state index contributed by atoms with van der Waals surface area (Å²) < 4.78 is 5.47. The van der Waals surface area contributed by atoms with Crippen LogP contribution in [0.4, 0.5) is 5.82 Å². The summed E-state index contributed by atoms with van der Waals surface area (Å²) in [6.07, 6.45) is -2.11. The van der Waals surface area contributed by atoms with Crippen LogP contribution in [0, 0.1) is 6.92 Å². The highest BCUT2D eigenvalue weighted by Crippen LogP contribution is 2.32. The van der Waals surface area contributed by atoms with Crippen LogP contribution < -0.4 is 10.5 Å². The Labute approximate surface area is 114 Å². The third kappa shape index (κ3) is 1.92. The van der Waals surface area contributed by atoms with Crippen molar-refractivity contribution in [3.05, 3.63) is 21.7 Å². The quantitative estimate of drug-likeness (QED) is 0.603. The number of fused-ring (bicyclic) bond motifs is 1. The molecule has 1 fully saturated rings. The fourth-order valence-electron chi connectivity index (χ4n) is 2.64. The topological polar surface area (TPSA) is 116 Å². The van der Waals surface area contributed by atoms with E-state index in [0.29, 0.717) is 11.4 Å². The van der Waals surface area contributed by atoms with Gasteiger partial charge in [-0.2, -0.15) is 0 Å². The Balaban J connectivity index is 1.97. The number of carbonyl (C=O) groups excluding carboxylic acids is 1. The smallest absolute Gasteiger partial charge is 0.256 e. The van der Waals surface area contributed by atoms with Gasteiger partial charge in [-0.3, -0.25) is 14.5 Å². The molecule has 3 atom stereocenters.